The molecule has 3 aromatic rings. The summed E-state index contributed by atoms with van der Waals surface area (Å²) in [5.41, 5.74) is 3.03. The molecule has 25 heavy (non-hydrogen) atoms. The van der Waals surface area contributed by atoms with Crippen molar-refractivity contribution in [2.75, 3.05) is 19.0 Å². The summed E-state index contributed by atoms with van der Waals surface area (Å²) in [6.45, 7) is 0.551. The van der Waals surface area contributed by atoms with E-state index in [4.69, 9.17) is 4.74 Å². The highest BCUT2D eigenvalue weighted by Crippen LogP contribution is 2.24. The van der Waals surface area contributed by atoms with Crippen LogP contribution in [0.4, 0.5) is 9.93 Å². The first-order valence-electron chi connectivity index (χ1n) is 7.93. The molecule has 0 spiro atoms. The number of benzene rings is 2. The predicted octanol–water partition coefficient (Wildman–Crippen LogP) is 4.18. The van der Waals surface area contributed by atoms with Crippen LogP contribution < -0.4 is 15.4 Å². The molecule has 0 aliphatic heterocycles. The van der Waals surface area contributed by atoms with Crippen molar-refractivity contribution in [2.45, 2.75) is 6.42 Å². The van der Waals surface area contributed by atoms with Crippen LogP contribution in [-0.2, 0) is 6.42 Å². The summed E-state index contributed by atoms with van der Waals surface area (Å²) in [7, 11) is 1.64. The summed E-state index contributed by atoms with van der Waals surface area (Å²) >= 11 is 1.41. The van der Waals surface area contributed by atoms with Crippen molar-refractivity contribution in [3.05, 3.63) is 65.5 Å². The lowest BCUT2D eigenvalue weighted by atomic mass is 10.1. The first-order chi connectivity index (χ1) is 12.2. The van der Waals surface area contributed by atoms with Gasteiger partial charge < -0.3 is 10.1 Å². The van der Waals surface area contributed by atoms with Gasteiger partial charge in [0.1, 0.15) is 5.75 Å². The van der Waals surface area contributed by atoms with Gasteiger partial charge >= 0.3 is 6.03 Å². The number of ether oxygens (including phenoxy) is 1. The Bertz CT molecular complexity index is 816. The number of nitrogens with zero attached hydrogens (tertiary/aromatic N) is 1. The maximum atomic E-state index is 12.0. The fourth-order valence-electron chi connectivity index (χ4n) is 2.33. The molecule has 128 valence electrons. The SMILES string of the molecule is COc1ccc(CCNC(=O)Nc2nc(-c3ccccc3)cs2)cc1. The molecule has 0 atom stereocenters. The van der Waals surface area contributed by atoms with Gasteiger partial charge in [0, 0.05) is 17.5 Å². The average Bonchev–Trinajstić information content (AvgIpc) is 3.11. The Labute approximate surface area is 150 Å². The standard InChI is InChI=1S/C19H19N3O2S/c1-24-16-9-7-14(8-10-16)11-12-20-18(23)22-19-21-17(13-25-19)15-5-3-2-4-6-15/h2-10,13H,11-12H2,1H3,(H2,20,21,22,23). The van der Waals surface area contributed by atoms with Crippen LogP contribution in [0.15, 0.2) is 60.0 Å². The molecule has 0 saturated carbocycles. The average molecular weight is 353 g/mol. The summed E-state index contributed by atoms with van der Waals surface area (Å²) in [4.78, 5) is 16.4. The highest BCUT2D eigenvalue weighted by Gasteiger charge is 2.07. The van der Waals surface area contributed by atoms with E-state index in [9.17, 15) is 4.79 Å². The summed E-state index contributed by atoms with van der Waals surface area (Å²) < 4.78 is 5.13. The van der Waals surface area contributed by atoms with Gasteiger partial charge in [0.15, 0.2) is 5.13 Å². The van der Waals surface area contributed by atoms with Crippen molar-refractivity contribution >= 4 is 22.5 Å². The number of thiazole rings is 1. The third-order valence-corrected chi connectivity index (χ3v) is 4.41. The molecule has 2 N–H and O–H groups in total. The molecule has 1 aromatic heterocycles. The van der Waals surface area contributed by atoms with E-state index in [1.54, 1.807) is 7.11 Å². The van der Waals surface area contributed by atoms with E-state index in [1.165, 1.54) is 11.3 Å². The van der Waals surface area contributed by atoms with Crippen molar-refractivity contribution in [3.63, 3.8) is 0 Å². The maximum Gasteiger partial charge on any atom is 0.321 e. The van der Waals surface area contributed by atoms with Gasteiger partial charge in [-0.3, -0.25) is 5.32 Å². The number of amides is 2. The highest BCUT2D eigenvalue weighted by molar-refractivity contribution is 7.14. The second-order valence-corrected chi connectivity index (χ2v) is 6.24. The number of hydrogen-bond donors (Lipinski definition) is 2. The van der Waals surface area contributed by atoms with Crippen LogP contribution in [0.1, 0.15) is 5.56 Å². The zero-order valence-corrected chi connectivity index (χ0v) is 14.7. The zero-order chi connectivity index (χ0) is 17.5. The Balaban J connectivity index is 1.47. The third-order valence-electron chi connectivity index (χ3n) is 3.65. The number of nitrogens with one attached hydrogen (secondary N) is 2. The zero-order valence-electron chi connectivity index (χ0n) is 13.9. The van der Waals surface area contributed by atoms with E-state index in [0.29, 0.717) is 11.7 Å². The summed E-state index contributed by atoms with van der Waals surface area (Å²) in [5.74, 6) is 0.826. The number of aromatic nitrogens is 1. The van der Waals surface area contributed by atoms with Crippen molar-refractivity contribution in [1.29, 1.82) is 0 Å². The minimum Gasteiger partial charge on any atom is -0.497 e. The molecule has 2 aromatic carbocycles. The summed E-state index contributed by atoms with van der Waals surface area (Å²) in [5, 5.41) is 8.13. The monoisotopic (exact) mass is 353 g/mol. The Morgan fingerprint density at radius 3 is 2.60 bits per heavy atom. The first-order valence-corrected chi connectivity index (χ1v) is 8.81. The quantitative estimate of drug-likeness (QED) is 0.699. The predicted molar refractivity (Wildman–Crippen MR) is 101 cm³/mol. The molecule has 3 rings (SSSR count). The van der Waals surface area contributed by atoms with Gasteiger partial charge in [-0.05, 0) is 24.1 Å². The van der Waals surface area contributed by atoms with E-state index in [1.807, 2.05) is 60.0 Å². The Morgan fingerprint density at radius 1 is 1.12 bits per heavy atom. The van der Waals surface area contributed by atoms with Crippen LogP contribution in [0.3, 0.4) is 0 Å². The fourth-order valence-corrected chi connectivity index (χ4v) is 3.04. The number of hydrogen-bond acceptors (Lipinski definition) is 4. The second-order valence-electron chi connectivity index (χ2n) is 5.38. The van der Waals surface area contributed by atoms with Gasteiger partial charge in [0.05, 0.1) is 12.8 Å². The molecule has 0 saturated heterocycles. The maximum absolute atomic E-state index is 12.0. The van der Waals surface area contributed by atoms with E-state index in [2.05, 4.69) is 15.6 Å². The molecule has 0 bridgehead atoms. The van der Waals surface area contributed by atoms with Crippen LogP contribution in [0.25, 0.3) is 11.3 Å². The lowest BCUT2D eigenvalue weighted by Crippen LogP contribution is -2.30. The molecule has 5 nitrogen and oxygen atoms in total. The lowest BCUT2D eigenvalue weighted by Gasteiger charge is -2.06. The molecule has 2 amide bonds. The second kappa shape index (κ2) is 8.30. The van der Waals surface area contributed by atoms with Crippen LogP contribution in [0.5, 0.6) is 5.75 Å². The van der Waals surface area contributed by atoms with Gasteiger partial charge in [-0.1, -0.05) is 42.5 Å². The van der Waals surface area contributed by atoms with Gasteiger partial charge in [-0.25, -0.2) is 9.78 Å². The van der Waals surface area contributed by atoms with Gasteiger partial charge in [-0.15, -0.1) is 11.3 Å². The molecule has 0 aliphatic carbocycles. The normalized spacial score (nSPS) is 10.3. The minimum absolute atomic E-state index is 0.248. The van der Waals surface area contributed by atoms with E-state index in [-0.39, 0.29) is 6.03 Å². The van der Waals surface area contributed by atoms with Crippen molar-refractivity contribution in [1.82, 2.24) is 10.3 Å². The van der Waals surface area contributed by atoms with Gasteiger partial charge in [-0.2, -0.15) is 0 Å². The van der Waals surface area contributed by atoms with Gasteiger partial charge in [0.2, 0.25) is 0 Å². The number of anilines is 1. The van der Waals surface area contributed by atoms with Crippen molar-refractivity contribution in [3.8, 4) is 17.0 Å². The minimum atomic E-state index is -0.248. The Kier molecular flexibility index (Phi) is 5.64. The van der Waals surface area contributed by atoms with Crippen molar-refractivity contribution < 1.29 is 9.53 Å². The topological polar surface area (TPSA) is 63.2 Å². The van der Waals surface area contributed by atoms with E-state index >= 15 is 0 Å². The molecular formula is C19H19N3O2S. The lowest BCUT2D eigenvalue weighted by molar-refractivity contribution is 0.252. The first kappa shape index (κ1) is 17.0. The van der Waals surface area contributed by atoms with E-state index < -0.39 is 0 Å². The number of methoxy groups -OCH3 is 1. The molecule has 0 aliphatic rings. The Morgan fingerprint density at radius 2 is 1.88 bits per heavy atom. The smallest absolute Gasteiger partial charge is 0.321 e. The number of carbonyl (C=O) groups is 1. The molecular weight excluding hydrogens is 334 g/mol. The molecule has 0 fully saturated rings. The number of carbonyl (C=O) groups excluding carboxylic acids is 1. The van der Waals surface area contributed by atoms with Crippen LogP contribution >= 0.6 is 11.3 Å². The molecule has 0 radical (unpaired) electrons. The molecule has 1 heterocycles. The van der Waals surface area contributed by atoms with Crippen LogP contribution in [0, 0.1) is 0 Å². The van der Waals surface area contributed by atoms with Crippen LogP contribution in [-0.4, -0.2) is 24.7 Å². The van der Waals surface area contributed by atoms with Crippen molar-refractivity contribution in [2.24, 2.45) is 0 Å². The van der Waals surface area contributed by atoms with Gasteiger partial charge in [0.25, 0.3) is 0 Å². The fraction of sp³-hybridized carbons (Fsp3) is 0.158. The summed E-state index contributed by atoms with van der Waals surface area (Å²) in [6, 6.07) is 17.4. The number of rotatable bonds is 6. The summed E-state index contributed by atoms with van der Waals surface area (Å²) in [6.07, 6.45) is 0.755. The van der Waals surface area contributed by atoms with E-state index in [0.717, 1.165) is 29.0 Å². The largest absolute Gasteiger partial charge is 0.497 e. The number of urea groups is 1. The Hall–Kier alpha value is -2.86. The third kappa shape index (κ3) is 4.81. The van der Waals surface area contributed by atoms with Crippen LogP contribution in [0.2, 0.25) is 0 Å². The molecule has 6 heteroatoms. The molecule has 0 unspecified atom stereocenters. The highest BCUT2D eigenvalue weighted by atomic mass is 32.1.